The summed E-state index contributed by atoms with van der Waals surface area (Å²) < 4.78 is 28.9. The molecule has 0 bridgehead atoms. The third-order valence-corrected chi connectivity index (χ3v) is 5.06. The number of sulfonamides is 1. The Labute approximate surface area is 136 Å². The van der Waals surface area contributed by atoms with Gasteiger partial charge >= 0.3 is 0 Å². The Morgan fingerprint density at radius 3 is 2.78 bits per heavy atom. The molecule has 0 saturated carbocycles. The number of methoxy groups -OCH3 is 1. The predicted molar refractivity (Wildman–Crippen MR) is 88.2 cm³/mol. The highest BCUT2D eigenvalue weighted by Crippen LogP contribution is 2.36. The van der Waals surface area contributed by atoms with Crippen LogP contribution < -0.4 is 14.8 Å². The maximum Gasteiger partial charge on any atom is 0.241 e. The first-order valence-corrected chi connectivity index (χ1v) is 8.91. The Morgan fingerprint density at radius 2 is 2.04 bits per heavy atom. The molecule has 2 N–H and O–H groups in total. The third kappa shape index (κ3) is 3.16. The molecule has 0 radical (unpaired) electrons. The number of hydrogen-bond acceptors (Lipinski definition) is 5. The fraction of sp³-hybridized carbons (Fsp3) is 0.312. The summed E-state index contributed by atoms with van der Waals surface area (Å²) in [4.78, 5) is 6.27. The zero-order chi connectivity index (χ0) is 16.4. The molecule has 1 aromatic heterocycles. The normalized spacial score (nSPS) is 18.2. The van der Waals surface area contributed by atoms with E-state index in [4.69, 9.17) is 9.88 Å². The van der Waals surface area contributed by atoms with Gasteiger partial charge in [0.15, 0.2) is 0 Å². The number of pyridine rings is 1. The van der Waals surface area contributed by atoms with Crippen molar-refractivity contribution in [2.75, 3.05) is 25.1 Å². The Hall–Kier alpha value is -2.12. The molecule has 1 aromatic carbocycles. The van der Waals surface area contributed by atoms with Crippen molar-refractivity contribution in [2.24, 2.45) is 5.14 Å². The number of ether oxygens (including phenoxy) is 1. The molecule has 1 fully saturated rings. The summed E-state index contributed by atoms with van der Waals surface area (Å²) in [6.07, 6.45) is 2.49. The van der Waals surface area contributed by atoms with Gasteiger partial charge in [0.2, 0.25) is 10.0 Å². The number of primary sulfonamides is 1. The topological polar surface area (TPSA) is 85.5 Å². The van der Waals surface area contributed by atoms with Crippen molar-refractivity contribution >= 4 is 15.8 Å². The van der Waals surface area contributed by atoms with Gasteiger partial charge in [0.05, 0.1) is 7.11 Å². The van der Waals surface area contributed by atoms with Crippen LogP contribution in [0.3, 0.4) is 0 Å². The van der Waals surface area contributed by atoms with Crippen LogP contribution in [0.4, 0.5) is 5.82 Å². The summed E-state index contributed by atoms with van der Waals surface area (Å²) >= 11 is 0. The van der Waals surface area contributed by atoms with Crippen molar-refractivity contribution < 1.29 is 13.2 Å². The summed E-state index contributed by atoms with van der Waals surface area (Å²) in [5.74, 6) is 1.54. The summed E-state index contributed by atoms with van der Waals surface area (Å²) in [7, 11) is -2.14. The fourth-order valence-corrected chi connectivity index (χ4v) is 3.76. The van der Waals surface area contributed by atoms with E-state index in [0.717, 1.165) is 24.3 Å². The number of nitrogens with two attached hydrogens (primary N) is 1. The molecule has 1 atom stereocenters. The van der Waals surface area contributed by atoms with Gasteiger partial charge in [-0.2, -0.15) is 0 Å². The molecule has 2 heterocycles. The lowest BCUT2D eigenvalue weighted by atomic mass is 9.97. The van der Waals surface area contributed by atoms with E-state index in [1.54, 1.807) is 19.4 Å². The minimum absolute atomic E-state index is 0.0701. The summed E-state index contributed by atoms with van der Waals surface area (Å²) in [6, 6.07) is 11.0. The Bertz CT molecular complexity index is 808. The minimum Gasteiger partial charge on any atom is -0.496 e. The largest absolute Gasteiger partial charge is 0.496 e. The highest BCUT2D eigenvalue weighted by Gasteiger charge is 2.29. The van der Waals surface area contributed by atoms with Gasteiger partial charge < -0.3 is 9.64 Å². The van der Waals surface area contributed by atoms with Gasteiger partial charge in [0.25, 0.3) is 0 Å². The molecule has 6 nitrogen and oxygen atoms in total. The lowest BCUT2D eigenvalue weighted by molar-refractivity contribution is 0.406. The molecule has 2 aromatic rings. The number of para-hydroxylation sites is 1. The summed E-state index contributed by atoms with van der Waals surface area (Å²) in [6.45, 7) is 1.40. The van der Waals surface area contributed by atoms with Crippen LogP contribution in [0.2, 0.25) is 0 Å². The molecule has 1 aliphatic heterocycles. The first kappa shape index (κ1) is 15.8. The van der Waals surface area contributed by atoms with Crippen molar-refractivity contribution in [3.05, 3.63) is 48.2 Å². The van der Waals surface area contributed by atoms with E-state index in [1.165, 1.54) is 6.07 Å². The molecule has 0 amide bonds. The zero-order valence-corrected chi connectivity index (χ0v) is 13.7. The number of hydrogen-bond donors (Lipinski definition) is 1. The average molecular weight is 333 g/mol. The van der Waals surface area contributed by atoms with E-state index < -0.39 is 10.0 Å². The first-order valence-electron chi connectivity index (χ1n) is 7.36. The lowest BCUT2D eigenvalue weighted by Crippen LogP contribution is -2.25. The molecule has 0 spiro atoms. The minimum atomic E-state index is -3.79. The molecule has 0 aliphatic carbocycles. The van der Waals surface area contributed by atoms with E-state index >= 15 is 0 Å². The molecule has 122 valence electrons. The van der Waals surface area contributed by atoms with Gasteiger partial charge in [-0.15, -0.1) is 0 Å². The van der Waals surface area contributed by atoms with Crippen molar-refractivity contribution in [2.45, 2.75) is 17.2 Å². The standard InChI is InChI=1S/C16H19N3O3S/c1-22-14-6-3-2-5-13(14)12-8-10-19(11-12)16-15(23(17,20)21)7-4-9-18-16/h2-7,9,12H,8,10-11H2,1H3,(H2,17,20,21). The summed E-state index contributed by atoms with van der Waals surface area (Å²) in [5.41, 5.74) is 1.13. The smallest absolute Gasteiger partial charge is 0.241 e. The van der Waals surface area contributed by atoms with Gasteiger partial charge in [-0.05, 0) is 30.2 Å². The van der Waals surface area contributed by atoms with Gasteiger partial charge in [0.1, 0.15) is 16.5 Å². The number of aromatic nitrogens is 1. The number of anilines is 1. The van der Waals surface area contributed by atoms with Crippen molar-refractivity contribution in [3.8, 4) is 5.75 Å². The first-order chi connectivity index (χ1) is 11.0. The predicted octanol–water partition coefficient (Wildman–Crippen LogP) is 1.73. The van der Waals surface area contributed by atoms with Gasteiger partial charge in [-0.3, -0.25) is 0 Å². The number of nitrogens with zero attached hydrogens (tertiary/aromatic N) is 2. The maximum absolute atomic E-state index is 11.8. The van der Waals surface area contributed by atoms with Crippen LogP contribution in [-0.4, -0.2) is 33.6 Å². The molecule has 1 saturated heterocycles. The third-order valence-electron chi connectivity index (χ3n) is 4.12. The van der Waals surface area contributed by atoms with E-state index in [-0.39, 0.29) is 10.8 Å². The number of benzene rings is 1. The Kier molecular flexibility index (Phi) is 4.23. The van der Waals surface area contributed by atoms with Crippen LogP contribution in [0.5, 0.6) is 5.75 Å². The zero-order valence-electron chi connectivity index (χ0n) is 12.8. The maximum atomic E-state index is 11.8. The van der Waals surface area contributed by atoms with Crippen LogP contribution in [-0.2, 0) is 10.0 Å². The molecule has 7 heteroatoms. The van der Waals surface area contributed by atoms with Crippen molar-refractivity contribution in [1.82, 2.24) is 4.98 Å². The quantitative estimate of drug-likeness (QED) is 0.921. The number of rotatable bonds is 4. The van der Waals surface area contributed by atoms with Crippen LogP contribution in [0.25, 0.3) is 0 Å². The van der Waals surface area contributed by atoms with Gasteiger partial charge in [0, 0.05) is 25.2 Å². The SMILES string of the molecule is COc1ccccc1C1CCN(c2ncccc2S(N)(=O)=O)C1. The molecular weight excluding hydrogens is 314 g/mol. The Balaban J connectivity index is 1.89. The second-order valence-electron chi connectivity index (χ2n) is 5.54. The molecule has 3 rings (SSSR count). The van der Waals surface area contributed by atoms with Gasteiger partial charge in [-0.1, -0.05) is 18.2 Å². The Morgan fingerprint density at radius 1 is 1.26 bits per heavy atom. The molecular formula is C16H19N3O3S. The van der Waals surface area contributed by atoms with Crippen molar-refractivity contribution in [3.63, 3.8) is 0 Å². The van der Waals surface area contributed by atoms with Crippen LogP contribution in [0, 0.1) is 0 Å². The highest BCUT2D eigenvalue weighted by molar-refractivity contribution is 7.89. The van der Waals surface area contributed by atoms with Crippen molar-refractivity contribution in [1.29, 1.82) is 0 Å². The van der Waals surface area contributed by atoms with Crippen LogP contribution in [0.15, 0.2) is 47.5 Å². The summed E-state index contributed by atoms with van der Waals surface area (Å²) in [5, 5.41) is 5.30. The second-order valence-corrected chi connectivity index (χ2v) is 7.07. The van der Waals surface area contributed by atoms with E-state index in [0.29, 0.717) is 12.4 Å². The monoisotopic (exact) mass is 333 g/mol. The van der Waals surface area contributed by atoms with Crippen LogP contribution >= 0.6 is 0 Å². The van der Waals surface area contributed by atoms with E-state index in [9.17, 15) is 8.42 Å². The second kappa shape index (κ2) is 6.17. The lowest BCUT2D eigenvalue weighted by Gasteiger charge is -2.20. The van der Waals surface area contributed by atoms with Gasteiger partial charge in [-0.25, -0.2) is 18.5 Å². The van der Waals surface area contributed by atoms with E-state index in [2.05, 4.69) is 4.98 Å². The molecule has 23 heavy (non-hydrogen) atoms. The van der Waals surface area contributed by atoms with E-state index in [1.807, 2.05) is 29.2 Å². The fourth-order valence-electron chi connectivity index (χ4n) is 3.05. The van der Waals surface area contributed by atoms with Crippen LogP contribution in [0.1, 0.15) is 17.9 Å². The molecule has 1 unspecified atom stereocenters. The molecule has 1 aliphatic rings. The average Bonchev–Trinajstić information content (AvgIpc) is 3.03. The highest BCUT2D eigenvalue weighted by atomic mass is 32.2.